The fourth-order valence-electron chi connectivity index (χ4n) is 3.01. The Morgan fingerprint density at radius 2 is 1.79 bits per heavy atom. The molecule has 0 unspecified atom stereocenters. The maximum absolute atomic E-state index is 12.9. The van der Waals surface area contributed by atoms with Crippen LogP contribution in [0.2, 0.25) is 0 Å². The predicted molar refractivity (Wildman–Crippen MR) is 108 cm³/mol. The van der Waals surface area contributed by atoms with Gasteiger partial charge in [-0.25, -0.2) is 8.42 Å². The van der Waals surface area contributed by atoms with Gasteiger partial charge in [0, 0.05) is 43.5 Å². The van der Waals surface area contributed by atoms with Crippen LogP contribution in [0.1, 0.15) is 17.3 Å². The molecule has 8 heteroatoms. The van der Waals surface area contributed by atoms with Crippen LogP contribution in [-0.4, -0.2) is 63.4 Å². The van der Waals surface area contributed by atoms with Crippen molar-refractivity contribution < 1.29 is 17.9 Å². The second-order valence-corrected chi connectivity index (χ2v) is 8.59. The van der Waals surface area contributed by atoms with E-state index in [9.17, 15) is 13.2 Å². The second kappa shape index (κ2) is 8.72. The molecule has 2 aromatic carbocycles. The van der Waals surface area contributed by atoms with E-state index in [1.165, 1.54) is 16.4 Å². The Hall–Kier alpha value is -2.42. The van der Waals surface area contributed by atoms with E-state index in [0.29, 0.717) is 44.2 Å². The minimum atomic E-state index is -3.62. The maximum Gasteiger partial charge on any atom is 0.255 e. The van der Waals surface area contributed by atoms with Crippen LogP contribution in [0.25, 0.3) is 0 Å². The molecule has 1 aliphatic heterocycles. The number of amides is 1. The van der Waals surface area contributed by atoms with Crippen LogP contribution < -0.4 is 10.1 Å². The van der Waals surface area contributed by atoms with Gasteiger partial charge in [-0.05, 0) is 44.3 Å². The Labute approximate surface area is 166 Å². The van der Waals surface area contributed by atoms with Crippen LogP contribution in [0.5, 0.6) is 5.75 Å². The van der Waals surface area contributed by atoms with Gasteiger partial charge in [-0.15, -0.1) is 0 Å². The first-order valence-corrected chi connectivity index (χ1v) is 10.7. The Balaban J connectivity index is 1.77. The number of nitrogens with zero attached hydrogens (tertiary/aromatic N) is 2. The molecule has 0 radical (unpaired) electrons. The standard InChI is InChI=1S/C20H25N3O4S/c1-3-27-18-8-5-7-17(15-18)21-20(24)16-6-4-9-19(14-16)28(25,26)23-12-10-22(2)11-13-23/h4-9,14-15H,3,10-13H2,1-2H3,(H,21,24). The zero-order chi connectivity index (χ0) is 20.1. The second-order valence-electron chi connectivity index (χ2n) is 6.65. The average Bonchev–Trinajstić information content (AvgIpc) is 2.69. The number of ether oxygens (including phenoxy) is 1. The third-order valence-electron chi connectivity index (χ3n) is 4.60. The van der Waals surface area contributed by atoms with Crippen molar-refractivity contribution in [1.82, 2.24) is 9.21 Å². The van der Waals surface area contributed by atoms with Gasteiger partial charge in [-0.3, -0.25) is 4.79 Å². The van der Waals surface area contributed by atoms with Crippen molar-refractivity contribution in [1.29, 1.82) is 0 Å². The highest BCUT2D eigenvalue weighted by atomic mass is 32.2. The SMILES string of the molecule is CCOc1cccc(NC(=O)c2cccc(S(=O)(=O)N3CCN(C)CC3)c2)c1. The number of rotatable bonds is 6. The molecule has 3 rings (SSSR count). The lowest BCUT2D eigenvalue weighted by molar-refractivity contribution is 0.102. The van der Waals surface area contributed by atoms with Crippen LogP contribution in [-0.2, 0) is 10.0 Å². The molecule has 0 bridgehead atoms. The molecule has 28 heavy (non-hydrogen) atoms. The van der Waals surface area contributed by atoms with Gasteiger partial charge in [-0.1, -0.05) is 12.1 Å². The van der Waals surface area contributed by atoms with Crippen LogP contribution in [0.3, 0.4) is 0 Å². The van der Waals surface area contributed by atoms with Gasteiger partial charge in [0.25, 0.3) is 5.91 Å². The largest absolute Gasteiger partial charge is 0.494 e. The lowest BCUT2D eigenvalue weighted by atomic mass is 10.2. The molecule has 1 fully saturated rings. The predicted octanol–water partition coefficient (Wildman–Crippen LogP) is 2.27. The Morgan fingerprint density at radius 3 is 2.50 bits per heavy atom. The van der Waals surface area contributed by atoms with E-state index in [4.69, 9.17) is 4.74 Å². The number of carbonyl (C=O) groups excluding carboxylic acids is 1. The quantitative estimate of drug-likeness (QED) is 0.801. The Morgan fingerprint density at radius 1 is 1.07 bits per heavy atom. The summed E-state index contributed by atoms with van der Waals surface area (Å²) in [4.78, 5) is 14.8. The van der Waals surface area contributed by atoms with Crippen molar-refractivity contribution in [3.8, 4) is 5.75 Å². The molecule has 1 N–H and O–H groups in total. The van der Waals surface area contributed by atoms with Crippen molar-refractivity contribution in [2.24, 2.45) is 0 Å². The Kier molecular flexibility index (Phi) is 6.33. The summed E-state index contributed by atoms with van der Waals surface area (Å²) in [5, 5.41) is 2.79. The number of nitrogens with one attached hydrogen (secondary N) is 1. The fraction of sp³-hybridized carbons (Fsp3) is 0.350. The van der Waals surface area contributed by atoms with Gasteiger partial charge in [0.05, 0.1) is 11.5 Å². The van der Waals surface area contributed by atoms with E-state index in [0.717, 1.165) is 0 Å². The van der Waals surface area contributed by atoms with Crippen molar-refractivity contribution in [2.45, 2.75) is 11.8 Å². The van der Waals surface area contributed by atoms with Crippen molar-refractivity contribution in [3.05, 3.63) is 54.1 Å². The van der Waals surface area contributed by atoms with Gasteiger partial charge >= 0.3 is 0 Å². The molecule has 0 atom stereocenters. The minimum absolute atomic E-state index is 0.132. The third-order valence-corrected chi connectivity index (χ3v) is 6.49. The molecule has 1 saturated heterocycles. The number of sulfonamides is 1. The number of piperazine rings is 1. The first-order valence-electron chi connectivity index (χ1n) is 9.23. The third kappa shape index (κ3) is 4.70. The molecular weight excluding hydrogens is 378 g/mol. The number of anilines is 1. The van der Waals surface area contributed by atoms with Gasteiger partial charge in [0.2, 0.25) is 10.0 Å². The lowest BCUT2D eigenvalue weighted by Crippen LogP contribution is -2.47. The molecule has 2 aromatic rings. The normalized spacial score (nSPS) is 15.9. The molecule has 1 heterocycles. The molecule has 1 aliphatic rings. The molecule has 150 valence electrons. The summed E-state index contributed by atoms with van der Waals surface area (Å²) in [6, 6.07) is 13.2. The van der Waals surface area contributed by atoms with E-state index in [2.05, 4.69) is 10.2 Å². The van der Waals surface area contributed by atoms with Gasteiger partial charge in [0.1, 0.15) is 5.75 Å². The van der Waals surface area contributed by atoms with E-state index in [1.807, 2.05) is 20.0 Å². The smallest absolute Gasteiger partial charge is 0.255 e. The number of likely N-dealkylation sites (N-methyl/N-ethyl adjacent to an activating group) is 1. The molecule has 1 amide bonds. The number of hydrogen-bond acceptors (Lipinski definition) is 5. The highest BCUT2D eigenvalue weighted by molar-refractivity contribution is 7.89. The summed E-state index contributed by atoms with van der Waals surface area (Å²) < 4.78 is 32.7. The van der Waals surface area contributed by atoms with Crippen LogP contribution >= 0.6 is 0 Å². The first-order chi connectivity index (χ1) is 13.4. The zero-order valence-corrected chi connectivity index (χ0v) is 16.9. The van der Waals surface area contributed by atoms with Gasteiger partial charge < -0.3 is 15.0 Å². The van der Waals surface area contributed by atoms with Crippen molar-refractivity contribution >= 4 is 21.6 Å². The van der Waals surface area contributed by atoms with Gasteiger partial charge in [0.15, 0.2) is 0 Å². The summed E-state index contributed by atoms with van der Waals surface area (Å²) in [5.74, 6) is 0.288. The number of benzene rings is 2. The number of hydrogen-bond donors (Lipinski definition) is 1. The van der Waals surface area contributed by atoms with Gasteiger partial charge in [-0.2, -0.15) is 4.31 Å². The summed E-state index contributed by atoms with van der Waals surface area (Å²) in [5.41, 5.74) is 0.875. The highest BCUT2D eigenvalue weighted by Gasteiger charge is 2.27. The summed E-state index contributed by atoms with van der Waals surface area (Å²) in [7, 11) is -1.65. The fourth-order valence-corrected chi connectivity index (χ4v) is 4.48. The summed E-state index contributed by atoms with van der Waals surface area (Å²) >= 11 is 0. The van der Waals surface area contributed by atoms with Crippen LogP contribution in [0.15, 0.2) is 53.4 Å². The Bertz CT molecular complexity index is 938. The zero-order valence-electron chi connectivity index (χ0n) is 16.1. The lowest BCUT2D eigenvalue weighted by Gasteiger charge is -2.31. The van der Waals surface area contributed by atoms with Crippen LogP contribution in [0.4, 0.5) is 5.69 Å². The molecule has 0 aliphatic carbocycles. The van der Waals surface area contributed by atoms with Crippen LogP contribution in [0, 0.1) is 0 Å². The molecule has 7 nitrogen and oxygen atoms in total. The molecular formula is C20H25N3O4S. The first kappa shape index (κ1) is 20.3. The molecule has 0 aromatic heterocycles. The number of carbonyl (C=O) groups is 1. The van der Waals surface area contributed by atoms with Crippen molar-refractivity contribution in [3.63, 3.8) is 0 Å². The average molecular weight is 404 g/mol. The summed E-state index contributed by atoms with van der Waals surface area (Å²) in [6.45, 7) is 4.69. The van der Waals surface area contributed by atoms with E-state index >= 15 is 0 Å². The van der Waals surface area contributed by atoms with Crippen molar-refractivity contribution in [2.75, 3.05) is 45.2 Å². The van der Waals surface area contributed by atoms with E-state index in [1.54, 1.807) is 30.3 Å². The van der Waals surface area contributed by atoms with E-state index < -0.39 is 10.0 Å². The molecule has 0 saturated carbocycles. The van der Waals surface area contributed by atoms with E-state index in [-0.39, 0.29) is 16.4 Å². The maximum atomic E-state index is 12.9. The monoisotopic (exact) mass is 403 g/mol. The highest BCUT2D eigenvalue weighted by Crippen LogP contribution is 2.21. The summed E-state index contributed by atoms with van der Waals surface area (Å²) in [6.07, 6.45) is 0. The topological polar surface area (TPSA) is 78.9 Å². The molecule has 0 spiro atoms. The minimum Gasteiger partial charge on any atom is -0.494 e.